The van der Waals surface area contributed by atoms with Crippen LogP contribution < -0.4 is 32.8 Å². The fourth-order valence-corrected chi connectivity index (χ4v) is 14.6. The monoisotopic (exact) mass is 746 g/mol. The van der Waals surface area contributed by atoms with Crippen LogP contribution in [0.4, 0.5) is 0 Å². The molecule has 0 fully saturated rings. The second-order valence-electron chi connectivity index (χ2n) is 15.5. The second kappa shape index (κ2) is 9.79. The molecule has 0 atom stereocenters. The number of thiophene rings is 1. The Labute approximate surface area is 328 Å². The van der Waals surface area contributed by atoms with E-state index in [1.165, 1.54) is 128 Å². The van der Waals surface area contributed by atoms with E-state index in [9.17, 15) is 0 Å². The summed E-state index contributed by atoms with van der Waals surface area (Å²) in [5.74, 6) is 0. The van der Waals surface area contributed by atoms with Crippen molar-refractivity contribution in [2.24, 2.45) is 0 Å². The van der Waals surface area contributed by atoms with E-state index >= 15 is 0 Å². The van der Waals surface area contributed by atoms with Crippen molar-refractivity contribution in [3.63, 3.8) is 0 Å². The zero-order valence-corrected chi connectivity index (χ0v) is 31.6. The normalized spacial score (nSPS) is 14.3. The summed E-state index contributed by atoms with van der Waals surface area (Å²) in [4.78, 5) is 5.52. The number of rotatable bonds is 0. The zero-order chi connectivity index (χ0) is 35.3. The average molecular weight is 747 g/mol. The van der Waals surface area contributed by atoms with Gasteiger partial charge < -0.3 is 9.13 Å². The van der Waals surface area contributed by atoms with Gasteiger partial charge in [0, 0.05) is 72.9 Å². The Morgan fingerprint density at radius 3 is 1.33 bits per heavy atom. The smallest absolute Gasteiger partial charge is 0.249 e. The molecule has 0 aliphatic carbocycles. The second-order valence-corrected chi connectivity index (χ2v) is 18.8. The molecule has 4 aliphatic rings. The lowest BCUT2D eigenvalue weighted by molar-refractivity contribution is 1.17. The van der Waals surface area contributed by atoms with Crippen LogP contribution in [0.15, 0.2) is 165 Å². The Morgan fingerprint density at radius 2 is 0.818 bits per heavy atom. The minimum Gasteiger partial charge on any atom is -0.310 e. The highest BCUT2D eigenvalue weighted by molar-refractivity contribution is 8.00. The highest BCUT2D eigenvalue weighted by atomic mass is 32.2. The van der Waals surface area contributed by atoms with Gasteiger partial charge in [0.1, 0.15) is 0 Å². The summed E-state index contributed by atoms with van der Waals surface area (Å²) in [6, 6.07) is 55.9. The summed E-state index contributed by atoms with van der Waals surface area (Å²) in [6.07, 6.45) is 0. The van der Waals surface area contributed by atoms with Crippen LogP contribution in [0.25, 0.3) is 75.2 Å². The molecule has 0 spiro atoms. The van der Waals surface area contributed by atoms with Crippen LogP contribution in [0, 0.1) is 0 Å². The number of hydrogen-bond acceptors (Lipinski definition) is 3. The molecule has 0 N–H and O–H groups in total. The molecule has 0 amide bonds. The third-order valence-electron chi connectivity index (χ3n) is 13.0. The van der Waals surface area contributed by atoms with Gasteiger partial charge in [-0.2, -0.15) is 0 Å². The number of hydrogen-bond donors (Lipinski definition) is 0. The summed E-state index contributed by atoms with van der Waals surface area (Å²) in [5.41, 5.74) is 16.5. The van der Waals surface area contributed by atoms with Crippen molar-refractivity contribution >= 4 is 145 Å². The van der Waals surface area contributed by atoms with E-state index in [0.717, 1.165) is 0 Å². The lowest BCUT2D eigenvalue weighted by Gasteiger charge is -2.33. The maximum Gasteiger partial charge on any atom is 0.249 e. The first-order valence-electron chi connectivity index (χ1n) is 19.0. The Hall–Kier alpha value is -5.59. The largest absolute Gasteiger partial charge is 0.310 e. The van der Waals surface area contributed by atoms with Gasteiger partial charge in [0.2, 0.25) is 13.4 Å². The van der Waals surface area contributed by atoms with Crippen molar-refractivity contribution < 1.29 is 0 Å². The zero-order valence-electron chi connectivity index (χ0n) is 29.1. The molecule has 0 saturated carbocycles. The fraction of sp³-hybridized carbons (Fsp3) is 0. The Morgan fingerprint density at radius 1 is 0.364 bits per heavy atom. The molecule has 4 aliphatic heterocycles. The van der Waals surface area contributed by atoms with Gasteiger partial charge in [0.05, 0.1) is 11.0 Å². The molecule has 3 aromatic heterocycles. The van der Waals surface area contributed by atoms with Gasteiger partial charge in [-0.1, -0.05) is 132 Å². The fourth-order valence-electron chi connectivity index (χ4n) is 11.0. The van der Waals surface area contributed by atoms with Crippen molar-refractivity contribution in [3.05, 3.63) is 146 Å². The number of benzene rings is 8. The first kappa shape index (κ1) is 28.8. The molecule has 7 heteroatoms. The standard InChI is InChI=1S/C48H24B2N2S3/c1-3-15-35-25(9-1)27-11-5-13-31-47(27)51(35)37-17-7-19-39-45(37)49(31)33-21-29-30-22-34-44(24-42(30)55-41(29)23-43(33)53-39)54-40-20-8-18-38-46(40)50(34)32-14-6-12-28-26-10-2-4-16-36(26)52(38)48(28)32/h1-24H. The van der Waals surface area contributed by atoms with Gasteiger partial charge in [0.25, 0.3) is 0 Å². The van der Waals surface area contributed by atoms with Gasteiger partial charge in [-0.05, 0) is 81.2 Å². The van der Waals surface area contributed by atoms with Gasteiger partial charge in [-0.25, -0.2) is 0 Å². The summed E-state index contributed by atoms with van der Waals surface area (Å²) in [5, 5.41) is 8.11. The molecule has 8 aromatic carbocycles. The molecule has 0 unspecified atom stereocenters. The molecule has 0 saturated heterocycles. The SMILES string of the molecule is c1cc2c3c(c1)-n1c4ccccc4c4cccc(c41)B3c1cc3c(cc1S2)sc1cc2c(cc13)B1c3c(cccc3-n3c4ccccc4c4cccc1c43)S2. The van der Waals surface area contributed by atoms with Crippen molar-refractivity contribution in [1.29, 1.82) is 0 Å². The molecule has 0 radical (unpaired) electrons. The van der Waals surface area contributed by atoms with Gasteiger partial charge >= 0.3 is 0 Å². The van der Waals surface area contributed by atoms with Crippen LogP contribution in [0.5, 0.6) is 0 Å². The molecular weight excluding hydrogens is 722 g/mol. The molecular formula is C48H24B2N2S3. The van der Waals surface area contributed by atoms with Crippen molar-refractivity contribution in [2.75, 3.05) is 0 Å². The molecule has 15 rings (SSSR count). The molecule has 55 heavy (non-hydrogen) atoms. The van der Waals surface area contributed by atoms with Crippen molar-refractivity contribution in [1.82, 2.24) is 9.13 Å². The van der Waals surface area contributed by atoms with Gasteiger partial charge in [0.15, 0.2) is 0 Å². The van der Waals surface area contributed by atoms with E-state index in [2.05, 4.69) is 155 Å². The quantitative estimate of drug-likeness (QED) is 0.144. The minimum atomic E-state index is 0.183. The number of nitrogens with zero attached hydrogens (tertiary/aromatic N) is 2. The third-order valence-corrected chi connectivity index (χ3v) is 16.4. The van der Waals surface area contributed by atoms with Crippen LogP contribution in [0.3, 0.4) is 0 Å². The van der Waals surface area contributed by atoms with Gasteiger partial charge in [-0.3, -0.25) is 0 Å². The van der Waals surface area contributed by atoms with E-state index in [-0.39, 0.29) is 13.4 Å². The predicted octanol–water partition coefficient (Wildman–Crippen LogP) is 8.84. The van der Waals surface area contributed by atoms with Crippen molar-refractivity contribution in [2.45, 2.75) is 19.6 Å². The highest BCUT2D eigenvalue weighted by Crippen LogP contribution is 2.44. The average Bonchev–Trinajstić information content (AvgIpc) is 3.87. The number of para-hydroxylation sites is 4. The summed E-state index contributed by atoms with van der Waals surface area (Å²) in [7, 11) is 0. The summed E-state index contributed by atoms with van der Waals surface area (Å²) < 4.78 is 7.83. The molecule has 11 aromatic rings. The molecule has 250 valence electrons. The first-order valence-corrected chi connectivity index (χ1v) is 21.4. The number of aromatic nitrogens is 2. The Kier molecular flexibility index (Phi) is 5.13. The Balaban J connectivity index is 0.999. The topological polar surface area (TPSA) is 9.86 Å². The Bertz CT molecular complexity index is 3410. The lowest BCUT2D eigenvalue weighted by atomic mass is 9.35. The van der Waals surface area contributed by atoms with E-state index in [0.29, 0.717) is 0 Å². The van der Waals surface area contributed by atoms with Gasteiger partial charge in [-0.15, -0.1) is 11.3 Å². The van der Waals surface area contributed by atoms with E-state index in [4.69, 9.17) is 0 Å². The van der Waals surface area contributed by atoms with Crippen LogP contribution >= 0.6 is 34.9 Å². The lowest BCUT2D eigenvalue weighted by Crippen LogP contribution is -2.58. The number of fused-ring (bicyclic) bond motifs is 17. The molecule has 0 bridgehead atoms. The predicted molar refractivity (Wildman–Crippen MR) is 238 cm³/mol. The minimum absolute atomic E-state index is 0.183. The maximum atomic E-state index is 2.58. The molecule has 2 nitrogen and oxygen atoms in total. The maximum absolute atomic E-state index is 2.58. The summed E-state index contributed by atoms with van der Waals surface area (Å²) in [6.45, 7) is 0.366. The highest BCUT2D eigenvalue weighted by Gasteiger charge is 2.41. The molecule has 7 heterocycles. The van der Waals surface area contributed by atoms with Crippen LogP contribution in [-0.4, -0.2) is 22.6 Å². The van der Waals surface area contributed by atoms with Crippen molar-refractivity contribution in [3.8, 4) is 11.4 Å². The van der Waals surface area contributed by atoms with Crippen LogP contribution in [0.2, 0.25) is 0 Å². The van der Waals surface area contributed by atoms with E-state index in [1.807, 2.05) is 34.9 Å². The summed E-state index contributed by atoms with van der Waals surface area (Å²) >= 11 is 5.87. The third kappa shape index (κ3) is 3.35. The van der Waals surface area contributed by atoms with Crippen LogP contribution in [-0.2, 0) is 0 Å². The first-order chi connectivity index (χ1) is 27.3. The van der Waals surface area contributed by atoms with E-state index in [1.54, 1.807) is 0 Å². The van der Waals surface area contributed by atoms with Crippen LogP contribution in [0.1, 0.15) is 0 Å². The van der Waals surface area contributed by atoms with E-state index < -0.39 is 0 Å².